The Morgan fingerprint density at radius 1 is 0.444 bits per heavy atom. The van der Waals surface area contributed by atoms with Crippen LogP contribution < -0.4 is 0 Å². The molecule has 0 aliphatic rings. The summed E-state index contributed by atoms with van der Waals surface area (Å²) >= 11 is 0. The van der Waals surface area contributed by atoms with Gasteiger partial charge in [0.1, 0.15) is 0 Å². The smallest absolute Gasteiger partial charge is 0.0979 e. The minimum Gasteiger partial charge on any atom is -0.254 e. The molecule has 36 heavy (non-hydrogen) atoms. The highest BCUT2D eigenvalue weighted by Gasteiger charge is 2.15. The Morgan fingerprint density at radius 2 is 1.11 bits per heavy atom. The van der Waals surface area contributed by atoms with Crippen LogP contribution in [0.5, 0.6) is 0 Å². The van der Waals surface area contributed by atoms with Crippen LogP contribution in [-0.4, -0.2) is 15.0 Å². The molecule has 168 valence electrons. The number of hydrogen-bond donors (Lipinski definition) is 0. The summed E-state index contributed by atoms with van der Waals surface area (Å²) in [6.45, 7) is 0. The third-order valence-electron chi connectivity index (χ3n) is 6.72. The third kappa shape index (κ3) is 3.41. The van der Waals surface area contributed by atoms with Crippen molar-refractivity contribution in [1.29, 1.82) is 0 Å². The van der Waals surface area contributed by atoms with E-state index in [2.05, 4.69) is 91.0 Å². The van der Waals surface area contributed by atoms with Crippen molar-refractivity contribution in [3.8, 4) is 33.6 Å². The molecule has 3 nitrogen and oxygen atoms in total. The second kappa shape index (κ2) is 8.40. The van der Waals surface area contributed by atoms with Crippen LogP contribution in [0.4, 0.5) is 0 Å². The molecule has 0 saturated carbocycles. The molecule has 3 heterocycles. The fraction of sp³-hybridized carbons (Fsp3) is 0. The molecule has 0 atom stereocenters. The maximum Gasteiger partial charge on any atom is 0.0979 e. The van der Waals surface area contributed by atoms with Gasteiger partial charge in [-0.25, -0.2) is 9.97 Å². The molecule has 0 unspecified atom stereocenters. The van der Waals surface area contributed by atoms with Gasteiger partial charge in [-0.2, -0.15) is 0 Å². The van der Waals surface area contributed by atoms with E-state index in [-0.39, 0.29) is 0 Å². The lowest BCUT2D eigenvalue weighted by Crippen LogP contribution is -1.95. The second-order valence-corrected chi connectivity index (χ2v) is 8.89. The molecule has 4 aromatic carbocycles. The molecule has 0 spiro atoms. The van der Waals surface area contributed by atoms with Crippen molar-refractivity contribution in [2.24, 2.45) is 0 Å². The SMILES string of the molecule is c1ccc(-c2ccnc3c2ccc2c(-c4ccccc4)cc(-c4ccc5ccccc5n4)nc23)cc1. The number of para-hydroxylation sites is 1. The Balaban J connectivity index is 1.55. The Hall–Kier alpha value is -4.89. The maximum absolute atomic E-state index is 5.18. The van der Waals surface area contributed by atoms with Gasteiger partial charge in [-0.1, -0.05) is 97.1 Å². The molecule has 7 rings (SSSR count). The zero-order valence-electron chi connectivity index (χ0n) is 19.5. The summed E-state index contributed by atoms with van der Waals surface area (Å²) in [6.07, 6.45) is 1.88. The van der Waals surface area contributed by atoms with Gasteiger partial charge in [-0.3, -0.25) is 4.98 Å². The van der Waals surface area contributed by atoms with Gasteiger partial charge >= 0.3 is 0 Å². The molecule has 0 radical (unpaired) electrons. The van der Waals surface area contributed by atoms with Crippen molar-refractivity contribution < 1.29 is 0 Å². The van der Waals surface area contributed by atoms with Crippen molar-refractivity contribution in [1.82, 2.24) is 15.0 Å². The summed E-state index contributed by atoms with van der Waals surface area (Å²) in [5, 5.41) is 3.28. The van der Waals surface area contributed by atoms with E-state index < -0.39 is 0 Å². The zero-order valence-corrected chi connectivity index (χ0v) is 19.5. The van der Waals surface area contributed by atoms with Crippen molar-refractivity contribution in [3.63, 3.8) is 0 Å². The van der Waals surface area contributed by atoms with Gasteiger partial charge in [0.2, 0.25) is 0 Å². The predicted molar refractivity (Wildman–Crippen MR) is 149 cm³/mol. The molecule has 3 heteroatoms. The molecule has 0 amide bonds. The van der Waals surface area contributed by atoms with E-state index in [1.54, 1.807) is 0 Å². The largest absolute Gasteiger partial charge is 0.254 e. The second-order valence-electron chi connectivity index (χ2n) is 8.89. The van der Waals surface area contributed by atoms with Crippen LogP contribution in [0, 0.1) is 0 Å². The summed E-state index contributed by atoms with van der Waals surface area (Å²) in [5.74, 6) is 0. The van der Waals surface area contributed by atoms with Crippen molar-refractivity contribution >= 4 is 32.7 Å². The molecule has 0 aliphatic heterocycles. The quantitative estimate of drug-likeness (QED) is 0.249. The highest BCUT2D eigenvalue weighted by molar-refractivity contribution is 6.12. The topological polar surface area (TPSA) is 38.7 Å². The van der Waals surface area contributed by atoms with Crippen molar-refractivity contribution in [3.05, 3.63) is 128 Å². The lowest BCUT2D eigenvalue weighted by molar-refractivity contribution is 1.31. The average molecular weight is 460 g/mol. The number of pyridine rings is 3. The zero-order chi connectivity index (χ0) is 23.9. The van der Waals surface area contributed by atoms with Gasteiger partial charge in [0.15, 0.2) is 0 Å². The van der Waals surface area contributed by atoms with Crippen molar-refractivity contribution in [2.75, 3.05) is 0 Å². The Bertz CT molecular complexity index is 1880. The van der Waals surface area contributed by atoms with Crippen LogP contribution >= 0.6 is 0 Å². The van der Waals surface area contributed by atoms with Crippen LogP contribution in [0.25, 0.3) is 66.4 Å². The minimum absolute atomic E-state index is 0.839. The van der Waals surface area contributed by atoms with E-state index in [0.29, 0.717) is 0 Å². The normalized spacial score (nSPS) is 11.3. The molecule has 0 bridgehead atoms. The monoisotopic (exact) mass is 459 g/mol. The number of aromatic nitrogens is 3. The molecule has 3 aromatic heterocycles. The summed E-state index contributed by atoms with van der Waals surface area (Å²) in [4.78, 5) is 15.0. The summed E-state index contributed by atoms with van der Waals surface area (Å²) in [7, 11) is 0. The highest BCUT2D eigenvalue weighted by atomic mass is 14.8. The Morgan fingerprint density at radius 3 is 1.89 bits per heavy atom. The first kappa shape index (κ1) is 20.5. The number of hydrogen-bond acceptors (Lipinski definition) is 3. The van der Waals surface area contributed by atoms with Crippen LogP contribution in [0.1, 0.15) is 0 Å². The molecule has 0 fully saturated rings. The van der Waals surface area contributed by atoms with E-state index in [1.807, 2.05) is 36.5 Å². The van der Waals surface area contributed by atoms with Gasteiger partial charge in [-0.05, 0) is 46.5 Å². The van der Waals surface area contributed by atoms with Gasteiger partial charge in [0.05, 0.1) is 27.9 Å². The fourth-order valence-corrected chi connectivity index (χ4v) is 4.97. The first-order valence-corrected chi connectivity index (χ1v) is 12.0. The van der Waals surface area contributed by atoms with Gasteiger partial charge < -0.3 is 0 Å². The van der Waals surface area contributed by atoms with Gasteiger partial charge in [0.25, 0.3) is 0 Å². The lowest BCUT2D eigenvalue weighted by atomic mass is 9.95. The van der Waals surface area contributed by atoms with Crippen LogP contribution in [-0.2, 0) is 0 Å². The first-order chi connectivity index (χ1) is 17.8. The highest BCUT2D eigenvalue weighted by Crippen LogP contribution is 2.37. The molecular weight excluding hydrogens is 438 g/mol. The number of benzene rings is 4. The van der Waals surface area contributed by atoms with E-state index in [1.165, 1.54) is 5.56 Å². The standard InChI is InChI=1S/C33H21N3/c1-3-9-22(10-4-1)25-19-20-34-32-26(25)16-17-27-28(23-11-5-2-6-12-23)21-31(36-33(27)32)30-18-15-24-13-7-8-14-29(24)35-30/h1-21H. The summed E-state index contributed by atoms with van der Waals surface area (Å²) in [6, 6.07) is 41.9. The molecule has 0 N–H and O–H groups in total. The summed E-state index contributed by atoms with van der Waals surface area (Å²) < 4.78 is 0. The fourth-order valence-electron chi connectivity index (χ4n) is 4.97. The van der Waals surface area contributed by atoms with Gasteiger partial charge in [0, 0.05) is 22.4 Å². The third-order valence-corrected chi connectivity index (χ3v) is 6.72. The molecule has 0 saturated heterocycles. The minimum atomic E-state index is 0.839. The number of rotatable bonds is 3. The average Bonchev–Trinajstić information content (AvgIpc) is 2.96. The van der Waals surface area contributed by atoms with Crippen LogP contribution in [0.3, 0.4) is 0 Å². The lowest BCUT2D eigenvalue weighted by Gasteiger charge is -2.13. The predicted octanol–water partition coefficient (Wildman–Crippen LogP) is 8.33. The number of nitrogens with zero attached hydrogens (tertiary/aromatic N) is 3. The molecule has 7 aromatic rings. The van der Waals surface area contributed by atoms with Crippen LogP contribution in [0.2, 0.25) is 0 Å². The van der Waals surface area contributed by atoms with Gasteiger partial charge in [-0.15, -0.1) is 0 Å². The van der Waals surface area contributed by atoms with Crippen molar-refractivity contribution in [2.45, 2.75) is 0 Å². The van der Waals surface area contributed by atoms with E-state index in [4.69, 9.17) is 15.0 Å². The molecular formula is C33H21N3. The Labute approximate surface area is 208 Å². The first-order valence-electron chi connectivity index (χ1n) is 12.0. The van der Waals surface area contributed by atoms with E-state index in [0.717, 1.165) is 60.8 Å². The number of fused-ring (bicyclic) bond motifs is 4. The summed E-state index contributed by atoms with van der Waals surface area (Å²) in [5.41, 5.74) is 9.02. The molecule has 0 aliphatic carbocycles. The maximum atomic E-state index is 5.18. The Kier molecular flexibility index (Phi) is 4.78. The van der Waals surface area contributed by atoms with E-state index >= 15 is 0 Å². The van der Waals surface area contributed by atoms with E-state index in [9.17, 15) is 0 Å². The van der Waals surface area contributed by atoms with Crippen LogP contribution in [0.15, 0.2) is 128 Å².